The second kappa shape index (κ2) is 6.63. The van der Waals surface area contributed by atoms with Crippen LogP contribution < -0.4 is 0 Å². The first-order chi connectivity index (χ1) is 14.9. The number of aromatic nitrogens is 6. The fourth-order valence-corrected chi connectivity index (χ4v) is 3.85. The smallest absolute Gasteiger partial charge is 0.116 e. The van der Waals surface area contributed by atoms with Crippen molar-refractivity contribution in [2.24, 2.45) is 0 Å². The standard InChI is InChI=1S/C24H16N6/c1-2-8-27-20(3-1)19-13-26-14-23-17(19)12-22(28-23)24-18-11-16(4-5-21(18)29-30-24)15-6-9-25-10-7-15/h1-14,28H,(H,29,30). The van der Waals surface area contributed by atoms with Crippen LogP contribution >= 0.6 is 0 Å². The van der Waals surface area contributed by atoms with Gasteiger partial charge in [-0.1, -0.05) is 12.1 Å². The summed E-state index contributed by atoms with van der Waals surface area (Å²) < 4.78 is 0. The Morgan fingerprint density at radius 1 is 0.700 bits per heavy atom. The van der Waals surface area contributed by atoms with Gasteiger partial charge in [-0.2, -0.15) is 5.10 Å². The average Bonchev–Trinajstić information content (AvgIpc) is 3.43. The van der Waals surface area contributed by atoms with Crippen molar-refractivity contribution in [2.45, 2.75) is 0 Å². The van der Waals surface area contributed by atoms with E-state index in [-0.39, 0.29) is 0 Å². The van der Waals surface area contributed by atoms with Crippen molar-refractivity contribution < 1.29 is 0 Å². The van der Waals surface area contributed by atoms with Gasteiger partial charge in [0.25, 0.3) is 0 Å². The van der Waals surface area contributed by atoms with E-state index in [9.17, 15) is 0 Å². The molecule has 0 aliphatic rings. The van der Waals surface area contributed by atoms with Crippen LogP contribution in [0.4, 0.5) is 0 Å². The van der Waals surface area contributed by atoms with Crippen LogP contribution in [0.1, 0.15) is 0 Å². The number of benzene rings is 1. The first kappa shape index (κ1) is 16.6. The fraction of sp³-hybridized carbons (Fsp3) is 0. The van der Waals surface area contributed by atoms with Crippen molar-refractivity contribution in [1.82, 2.24) is 30.1 Å². The number of nitrogens with one attached hydrogen (secondary N) is 2. The third kappa shape index (κ3) is 2.66. The maximum atomic E-state index is 4.59. The van der Waals surface area contributed by atoms with Gasteiger partial charge in [0.1, 0.15) is 5.69 Å². The molecular weight excluding hydrogens is 372 g/mol. The molecule has 2 N–H and O–H groups in total. The van der Waals surface area contributed by atoms with E-state index in [1.807, 2.05) is 42.7 Å². The van der Waals surface area contributed by atoms with Crippen LogP contribution in [0.2, 0.25) is 0 Å². The highest BCUT2D eigenvalue weighted by Gasteiger charge is 2.14. The van der Waals surface area contributed by atoms with Gasteiger partial charge in [-0.05, 0) is 53.6 Å². The molecular formula is C24H16N6. The number of H-pyrrole nitrogens is 2. The maximum Gasteiger partial charge on any atom is 0.116 e. The number of hydrogen-bond donors (Lipinski definition) is 2. The summed E-state index contributed by atoms with van der Waals surface area (Å²) in [6, 6.07) is 18.3. The Hall–Kier alpha value is -4.32. The van der Waals surface area contributed by atoms with Crippen LogP contribution in [-0.2, 0) is 0 Å². The summed E-state index contributed by atoms with van der Waals surface area (Å²) in [6.45, 7) is 0. The van der Waals surface area contributed by atoms with Crippen molar-refractivity contribution in [3.05, 3.63) is 85.6 Å². The molecule has 0 aliphatic carbocycles. The van der Waals surface area contributed by atoms with Gasteiger partial charge in [0.2, 0.25) is 0 Å². The summed E-state index contributed by atoms with van der Waals surface area (Å²) in [5, 5.41) is 9.87. The first-order valence-corrected chi connectivity index (χ1v) is 9.64. The van der Waals surface area contributed by atoms with E-state index in [1.165, 1.54) is 0 Å². The Labute approximate surface area is 171 Å². The maximum absolute atomic E-state index is 4.59. The van der Waals surface area contributed by atoms with Crippen molar-refractivity contribution in [1.29, 1.82) is 0 Å². The molecule has 0 saturated heterocycles. The zero-order chi connectivity index (χ0) is 19.9. The molecule has 0 amide bonds. The minimum Gasteiger partial charge on any atom is -0.352 e. The fourth-order valence-electron chi connectivity index (χ4n) is 3.85. The minimum atomic E-state index is 0.879. The zero-order valence-corrected chi connectivity index (χ0v) is 15.9. The zero-order valence-electron chi connectivity index (χ0n) is 15.9. The molecule has 0 spiro atoms. The number of nitrogens with zero attached hydrogens (tertiary/aromatic N) is 4. The van der Waals surface area contributed by atoms with Gasteiger partial charge in [-0.15, -0.1) is 0 Å². The molecule has 0 saturated carbocycles. The molecule has 30 heavy (non-hydrogen) atoms. The summed E-state index contributed by atoms with van der Waals surface area (Å²) in [7, 11) is 0. The lowest BCUT2D eigenvalue weighted by atomic mass is 10.0. The molecule has 6 nitrogen and oxygen atoms in total. The lowest BCUT2D eigenvalue weighted by Crippen LogP contribution is -1.84. The number of fused-ring (bicyclic) bond motifs is 2. The van der Waals surface area contributed by atoms with E-state index in [0.717, 1.165) is 55.6 Å². The van der Waals surface area contributed by atoms with Crippen LogP contribution in [0.15, 0.2) is 85.6 Å². The molecule has 6 aromatic rings. The molecule has 6 heteroatoms. The van der Waals surface area contributed by atoms with Gasteiger partial charge >= 0.3 is 0 Å². The van der Waals surface area contributed by atoms with Crippen molar-refractivity contribution >= 4 is 21.8 Å². The minimum absolute atomic E-state index is 0.879. The van der Waals surface area contributed by atoms with Crippen LogP contribution in [0.25, 0.3) is 55.6 Å². The Morgan fingerprint density at radius 3 is 2.50 bits per heavy atom. The van der Waals surface area contributed by atoms with Crippen LogP contribution in [-0.4, -0.2) is 30.1 Å². The predicted molar refractivity (Wildman–Crippen MR) is 118 cm³/mol. The Balaban J connectivity index is 1.52. The molecule has 0 bridgehead atoms. The Morgan fingerprint density at radius 2 is 1.63 bits per heavy atom. The van der Waals surface area contributed by atoms with E-state index < -0.39 is 0 Å². The van der Waals surface area contributed by atoms with Gasteiger partial charge in [0.05, 0.1) is 28.6 Å². The molecule has 5 aromatic heterocycles. The summed E-state index contributed by atoms with van der Waals surface area (Å²) in [4.78, 5) is 16.5. The number of rotatable bonds is 3. The third-order valence-corrected chi connectivity index (χ3v) is 5.32. The van der Waals surface area contributed by atoms with E-state index >= 15 is 0 Å². The molecule has 0 fully saturated rings. The summed E-state index contributed by atoms with van der Waals surface area (Å²) in [5.74, 6) is 0. The van der Waals surface area contributed by atoms with E-state index in [4.69, 9.17) is 0 Å². The highest BCUT2D eigenvalue weighted by atomic mass is 15.1. The molecule has 1 aromatic carbocycles. The second-order valence-corrected chi connectivity index (χ2v) is 7.11. The summed E-state index contributed by atoms with van der Waals surface area (Å²) in [5.41, 5.74) is 7.90. The van der Waals surface area contributed by atoms with Gasteiger partial charge in [-0.25, -0.2) is 0 Å². The predicted octanol–water partition coefficient (Wildman–Crippen LogP) is 5.23. The molecule has 0 aliphatic heterocycles. The Kier molecular flexibility index (Phi) is 3.67. The van der Waals surface area contributed by atoms with Gasteiger partial charge in [0, 0.05) is 41.1 Å². The first-order valence-electron chi connectivity index (χ1n) is 9.64. The molecule has 0 atom stereocenters. The molecule has 142 valence electrons. The van der Waals surface area contributed by atoms with E-state index in [1.54, 1.807) is 18.6 Å². The largest absolute Gasteiger partial charge is 0.352 e. The molecule has 0 radical (unpaired) electrons. The molecule has 5 heterocycles. The molecule has 0 unspecified atom stereocenters. The van der Waals surface area contributed by atoms with Crippen molar-refractivity contribution in [3.63, 3.8) is 0 Å². The van der Waals surface area contributed by atoms with Crippen molar-refractivity contribution in [2.75, 3.05) is 0 Å². The normalized spacial score (nSPS) is 11.3. The third-order valence-electron chi connectivity index (χ3n) is 5.32. The second-order valence-electron chi connectivity index (χ2n) is 7.11. The van der Waals surface area contributed by atoms with E-state index in [0.29, 0.717) is 0 Å². The van der Waals surface area contributed by atoms with Crippen LogP contribution in [0.5, 0.6) is 0 Å². The lowest BCUT2D eigenvalue weighted by molar-refractivity contribution is 1.12. The number of aromatic amines is 2. The summed E-state index contributed by atoms with van der Waals surface area (Å²) >= 11 is 0. The van der Waals surface area contributed by atoms with E-state index in [2.05, 4.69) is 54.4 Å². The van der Waals surface area contributed by atoms with Gasteiger partial charge in [-0.3, -0.25) is 20.1 Å². The quantitative estimate of drug-likeness (QED) is 0.435. The lowest BCUT2D eigenvalue weighted by Gasteiger charge is -2.02. The van der Waals surface area contributed by atoms with Crippen LogP contribution in [0, 0.1) is 0 Å². The van der Waals surface area contributed by atoms with Crippen LogP contribution in [0.3, 0.4) is 0 Å². The Bertz CT molecular complexity index is 1480. The topological polar surface area (TPSA) is 83.1 Å². The number of hydrogen-bond acceptors (Lipinski definition) is 4. The highest BCUT2D eigenvalue weighted by molar-refractivity contribution is 6.01. The SMILES string of the molecule is c1ccc(-c2cncc3[nH]c(-c4n[nH]c5ccc(-c6ccncc6)cc45)cc23)nc1. The van der Waals surface area contributed by atoms with Gasteiger partial charge < -0.3 is 4.98 Å². The summed E-state index contributed by atoms with van der Waals surface area (Å²) in [6.07, 6.45) is 9.10. The average molecular weight is 388 g/mol. The molecule has 6 rings (SSSR count). The monoisotopic (exact) mass is 388 g/mol. The highest BCUT2D eigenvalue weighted by Crippen LogP contribution is 2.34. The van der Waals surface area contributed by atoms with Crippen molar-refractivity contribution in [3.8, 4) is 33.8 Å². The van der Waals surface area contributed by atoms with Gasteiger partial charge in [0.15, 0.2) is 0 Å². The number of pyridine rings is 3.